The normalized spacial score (nSPS) is 19.6. The summed E-state index contributed by atoms with van der Waals surface area (Å²) in [6.07, 6.45) is 6.94. The van der Waals surface area contributed by atoms with Crippen molar-refractivity contribution in [3.05, 3.63) is 12.7 Å². The number of aliphatic hydroxyl groups is 1. The minimum absolute atomic E-state index is 0.199. The van der Waals surface area contributed by atoms with E-state index in [4.69, 9.17) is 4.74 Å². The van der Waals surface area contributed by atoms with Gasteiger partial charge in [0, 0.05) is 6.54 Å². The monoisotopic (exact) mass is 227 g/mol. The van der Waals surface area contributed by atoms with Gasteiger partial charge in [0.2, 0.25) is 0 Å². The standard InChI is InChI=1S/C12H21NO3/c1-2-9-16-11(14)13-10-12(15)7-5-3-4-6-8-12/h2,15H,1,3-10H2,(H,13,14). The molecule has 0 aromatic rings. The molecule has 0 bridgehead atoms. The lowest BCUT2D eigenvalue weighted by Gasteiger charge is -2.26. The van der Waals surface area contributed by atoms with Gasteiger partial charge in [-0.15, -0.1) is 0 Å². The second-order valence-electron chi connectivity index (χ2n) is 4.38. The topological polar surface area (TPSA) is 58.6 Å². The number of amides is 1. The minimum atomic E-state index is -0.746. The van der Waals surface area contributed by atoms with Crippen LogP contribution in [0.15, 0.2) is 12.7 Å². The summed E-state index contributed by atoms with van der Waals surface area (Å²) in [6, 6.07) is 0. The molecule has 1 aliphatic carbocycles. The van der Waals surface area contributed by atoms with Crippen LogP contribution >= 0.6 is 0 Å². The second kappa shape index (κ2) is 6.53. The molecule has 1 fully saturated rings. The predicted molar refractivity (Wildman–Crippen MR) is 62.2 cm³/mol. The Bertz CT molecular complexity index is 232. The van der Waals surface area contributed by atoms with E-state index in [9.17, 15) is 9.90 Å². The summed E-state index contributed by atoms with van der Waals surface area (Å²) in [4.78, 5) is 11.2. The van der Waals surface area contributed by atoms with Gasteiger partial charge in [0.25, 0.3) is 0 Å². The highest BCUT2D eigenvalue weighted by Crippen LogP contribution is 2.26. The molecule has 0 radical (unpaired) electrons. The van der Waals surface area contributed by atoms with Gasteiger partial charge in [-0.25, -0.2) is 4.79 Å². The Morgan fingerprint density at radius 3 is 2.56 bits per heavy atom. The molecule has 0 aromatic heterocycles. The van der Waals surface area contributed by atoms with Crippen LogP contribution in [0, 0.1) is 0 Å². The summed E-state index contributed by atoms with van der Waals surface area (Å²) in [6.45, 7) is 3.93. The van der Waals surface area contributed by atoms with E-state index in [1.54, 1.807) is 0 Å². The lowest BCUT2D eigenvalue weighted by molar-refractivity contribution is 0.0245. The Labute approximate surface area is 96.7 Å². The van der Waals surface area contributed by atoms with Crippen molar-refractivity contribution in [2.24, 2.45) is 0 Å². The highest BCUT2D eigenvalue weighted by molar-refractivity contribution is 5.67. The number of ether oxygens (including phenoxy) is 1. The average Bonchev–Trinajstić information content (AvgIpc) is 2.49. The lowest BCUT2D eigenvalue weighted by atomic mass is 9.95. The Kier molecular flexibility index (Phi) is 5.32. The smallest absolute Gasteiger partial charge is 0.407 e. The van der Waals surface area contributed by atoms with Gasteiger partial charge < -0.3 is 15.2 Å². The summed E-state index contributed by atoms with van der Waals surface area (Å²) >= 11 is 0. The Hall–Kier alpha value is -1.03. The van der Waals surface area contributed by atoms with Crippen LogP contribution in [-0.2, 0) is 4.74 Å². The van der Waals surface area contributed by atoms with Crippen molar-refractivity contribution in [1.29, 1.82) is 0 Å². The molecule has 92 valence electrons. The maximum Gasteiger partial charge on any atom is 0.407 e. The fourth-order valence-corrected chi connectivity index (χ4v) is 1.99. The van der Waals surface area contributed by atoms with Crippen LogP contribution in [0.1, 0.15) is 38.5 Å². The summed E-state index contributed by atoms with van der Waals surface area (Å²) in [5.41, 5.74) is -0.746. The largest absolute Gasteiger partial charge is 0.445 e. The van der Waals surface area contributed by atoms with Crippen molar-refractivity contribution >= 4 is 6.09 Å². The molecule has 4 nitrogen and oxygen atoms in total. The Morgan fingerprint density at radius 1 is 1.38 bits per heavy atom. The van der Waals surface area contributed by atoms with E-state index < -0.39 is 11.7 Å². The molecule has 1 amide bonds. The zero-order valence-electron chi connectivity index (χ0n) is 9.71. The van der Waals surface area contributed by atoms with Gasteiger partial charge in [-0.05, 0) is 12.8 Å². The van der Waals surface area contributed by atoms with Gasteiger partial charge in [-0.3, -0.25) is 0 Å². The highest BCUT2D eigenvalue weighted by atomic mass is 16.5. The predicted octanol–water partition coefficient (Wildman–Crippen LogP) is 1.98. The summed E-state index contributed by atoms with van der Waals surface area (Å²) < 4.78 is 4.78. The van der Waals surface area contributed by atoms with Crippen molar-refractivity contribution in [2.75, 3.05) is 13.2 Å². The van der Waals surface area contributed by atoms with Crippen LogP contribution in [0.25, 0.3) is 0 Å². The van der Waals surface area contributed by atoms with Crippen molar-refractivity contribution in [1.82, 2.24) is 5.32 Å². The Balaban J connectivity index is 2.28. The SMILES string of the molecule is C=CCOC(=O)NCC1(O)CCCCCC1. The molecule has 0 aliphatic heterocycles. The molecule has 1 saturated carbocycles. The number of nitrogens with one attached hydrogen (secondary N) is 1. The van der Waals surface area contributed by atoms with E-state index in [1.807, 2.05) is 0 Å². The van der Waals surface area contributed by atoms with E-state index in [1.165, 1.54) is 18.9 Å². The van der Waals surface area contributed by atoms with E-state index in [0.29, 0.717) is 0 Å². The number of hydrogen-bond donors (Lipinski definition) is 2. The Morgan fingerprint density at radius 2 is 2.00 bits per heavy atom. The van der Waals surface area contributed by atoms with Crippen LogP contribution in [0.5, 0.6) is 0 Å². The van der Waals surface area contributed by atoms with Crippen LogP contribution in [0.2, 0.25) is 0 Å². The third-order valence-corrected chi connectivity index (χ3v) is 2.93. The molecule has 4 heteroatoms. The van der Waals surface area contributed by atoms with Crippen molar-refractivity contribution < 1.29 is 14.6 Å². The fourth-order valence-electron chi connectivity index (χ4n) is 1.99. The van der Waals surface area contributed by atoms with Crippen LogP contribution < -0.4 is 5.32 Å². The van der Waals surface area contributed by atoms with Gasteiger partial charge in [0.1, 0.15) is 6.61 Å². The molecular formula is C12H21NO3. The third kappa shape index (κ3) is 4.66. The van der Waals surface area contributed by atoms with E-state index in [0.717, 1.165) is 25.7 Å². The number of alkyl carbamates (subject to hydrolysis) is 1. The number of carbonyl (C=O) groups excluding carboxylic acids is 1. The van der Waals surface area contributed by atoms with Gasteiger partial charge in [0.15, 0.2) is 0 Å². The van der Waals surface area contributed by atoms with Gasteiger partial charge in [-0.2, -0.15) is 0 Å². The molecule has 0 saturated heterocycles. The third-order valence-electron chi connectivity index (χ3n) is 2.93. The number of rotatable bonds is 4. The molecule has 0 atom stereocenters. The molecular weight excluding hydrogens is 206 g/mol. The van der Waals surface area contributed by atoms with Crippen molar-refractivity contribution in [3.8, 4) is 0 Å². The maximum absolute atomic E-state index is 11.2. The minimum Gasteiger partial charge on any atom is -0.445 e. The molecule has 1 aliphatic rings. The summed E-state index contributed by atoms with van der Waals surface area (Å²) in [5.74, 6) is 0. The first-order valence-electron chi connectivity index (χ1n) is 5.90. The highest BCUT2D eigenvalue weighted by Gasteiger charge is 2.28. The van der Waals surface area contributed by atoms with Gasteiger partial charge in [-0.1, -0.05) is 38.3 Å². The summed E-state index contributed by atoms with van der Waals surface area (Å²) in [7, 11) is 0. The average molecular weight is 227 g/mol. The molecule has 0 unspecified atom stereocenters. The van der Waals surface area contributed by atoms with Gasteiger partial charge in [0.05, 0.1) is 5.60 Å². The van der Waals surface area contributed by atoms with E-state index in [2.05, 4.69) is 11.9 Å². The summed E-state index contributed by atoms with van der Waals surface area (Å²) in [5, 5.41) is 12.8. The van der Waals surface area contributed by atoms with Gasteiger partial charge >= 0.3 is 6.09 Å². The first-order valence-corrected chi connectivity index (χ1v) is 5.90. The molecule has 2 N–H and O–H groups in total. The number of carbonyl (C=O) groups is 1. The second-order valence-corrected chi connectivity index (χ2v) is 4.38. The lowest BCUT2D eigenvalue weighted by Crippen LogP contribution is -2.42. The molecule has 0 spiro atoms. The molecule has 16 heavy (non-hydrogen) atoms. The molecule has 0 aromatic carbocycles. The molecule has 1 rings (SSSR count). The number of hydrogen-bond acceptors (Lipinski definition) is 3. The van der Waals surface area contributed by atoms with Crippen molar-refractivity contribution in [2.45, 2.75) is 44.1 Å². The maximum atomic E-state index is 11.2. The van der Waals surface area contributed by atoms with Crippen LogP contribution in [0.4, 0.5) is 4.79 Å². The van der Waals surface area contributed by atoms with Crippen molar-refractivity contribution in [3.63, 3.8) is 0 Å². The van der Waals surface area contributed by atoms with E-state index >= 15 is 0 Å². The fraction of sp³-hybridized carbons (Fsp3) is 0.750. The van der Waals surface area contributed by atoms with Crippen LogP contribution in [-0.4, -0.2) is 30.0 Å². The zero-order valence-corrected chi connectivity index (χ0v) is 9.71. The first kappa shape index (κ1) is 13.0. The molecule has 0 heterocycles. The quantitative estimate of drug-likeness (QED) is 0.570. The zero-order chi connectivity index (χ0) is 11.9. The first-order chi connectivity index (χ1) is 7.66. The van der Waals surface area contributed by atoms with E-state index in [-0.39, 0.29) is 13.2 Å². The van der Waals surface area contributed by atoms with Crippen LogP contribution in [0.3, 0.4) is 0 Å².